The van der Waals surface area contributed by atoms with Gasteiger partial charge in [0.25, 0.3) is 11.8 Å². The molecule has 10 heteroatoms. The van der Waals surface area contributed by atoms with Crippen LogP contribution in [0.5, 0.6) is 0 Å². The van der Waals surface area contributed by atoms with Gasteiger partial charge in [0.2, 0.25) is 0 Å². The second kappa shape index (κ2) is 23.0. The summed E-state index contributed by atoms with van der Waals surface area (Å²) < 4.78 is 10.4. The van der Waals surface area contributed by atoms with Gasteiger partial charge in [-0.05, 0) is 72.2 Å². The van der Waals surface area contributed by atoms with E-state index in [0.717, 1.165) is 73.6 Å². The summed E-state index contributed by atoms with van der Waals surface area (Å²) in [6, 6.07) is 34.0. The molecule has 10 nitrogen and oxygen atoms in total. The molecule has 0 saturated heterocycles. The lowest BCUT2D eigenvalue weighted by atomic mass is 10.0. The molecule has 0 bridgehead atoms. The minimum Gasteiger partial charge on any atom is -0.445 e. The number of hydrogen-bond acceptors (Lipinski definition) is 6. The minimum atomic E-state index is -0.413. The Bertz CT molecular complexity index is 1520. The molecule has 4 amide bonds. The van der Waals surface area contributed by atoms with E-state index in [2.05, 4.69) is 21.3 Å². The lowest BCUT2D eigenvalue weighted by Gasteiger charge is -2.09. The molecule has 0 saturated carbocycles. The quantitative estimate of drug-likeness (QED) is 0.0654. The molecule has 52 heavy (non-hydrogen) atoms. The number of hydrogen-bond donors (Lipinski definition) is 4. The number of carbonyl (C=O) groups excluding carboxylic acids is 4. The van der Waals surface area contributed by atoms with Gasteiger partial charge in [0, 0.05) is 37.3 Å². The summed E-state index contributed by atoms with van der Waals surface area (Å²) in [7, 11) is 0. The summed E-state index contributed by atoms with van der Waals surface area (Å²) in [5.74, 6) is -0.227. The van der Waals surface area contributed by atoms with Crippen molar-refractivity contribution in [2.75, 3.05) is 26.2 Å². The number of amides is 4. The van der Waals surface area contributed by atoms with Crippen molar-refractivity contribution in [2.45, 2.75) is 64.6 Å². The zero-order valence-corrected chi connectivity index (χ0v) is 29.7. The molecule has 0 fully saturated rings. The number of benzene rings is 4. The monoisotopic (exact) mass is 706 g/mol. The molecule has 0 aliphatic rings. The van der Waals surface area contributed by atoms with Crippen molar-refractivity contribution in [3.8, 4) is 11.1 Å². The van der Waals surface area contributed by atoms with Gasteiger partial charge in [-0.25, -0.2) is 9.59 Å². The van der Waals surface area contributed by atoms with E-state index in [1.54, 1.807) is 0 Å². The van der Waals surface area contributed by atoms with Crippen molar-refractivity contribution in [3.05, 3.63) is 131 Å². The van der Waals surface area contributed by atoms with Gasteiger partial charge in [-0.15, -0.1) is 0 Å². The first-order valence-corrected chi connectivity index (χ1v) is 18.1. The second-order valence-electron chi connectivity index (χ2n) is 12.5. The Kier molecular flexibility index (Phi) is 17.3. The van der Waals surface area contributed by atoms with Crippen LogP contribution in [0.15, 0.2) is 109 Å². The van der Waals surface area contributed by atoms with Gasteiger partial charge in [0.05, 0.1) is 0 Å². The Morgan fingerprint density at radius 2 is 0.712 bits per heavy atom. The topological polar surface area (TPSA) is 135 Å². The first kappa shape index (κ1) is 39.2. The highest BCUT2D eigenvalue weighted by molar-refractivity contribution is 5.95. The van der Waals surface area contributed by atoms with E-state index in [0.29, 0.717) is 37.3 Å². The fourth-order valence-corrected chi connectivity index (χ4v) is 5.37. The zero-order chi connectivity index (χ0) is 36.6. The third kappa shape index (κ3) is 15.1. The molecule has 4 aromatic rings. The van der Waals surface area contributed by atoms with Crippen molar-refractivity contribution in [2.24, 2.45) is 0 Å². The van der Waals surface area contributed by atoms with Gasteiger partial charge in [0.1, 0.15) is 13.2 Å². The number of rotatable bonds is 21. The molecule has 0 aliphatic heterocycles. The Hall–Kier alpha value is -5.64. The molecule has 4 rings (SSSR count). The average molecular weight is 707 g/mol. The van der Waals surface area contributed by atoms with Crippen molar-refractivity contribution >= 4 is 24.0 Å². The fourth-order valence-electron chi connectivity index (χ4n) is 5.37. The van der Waals surface area contributed by atoms with Crippen LogP contribution in [0.3, 0.4) is 0 Å². The molecule has 0 spiro atoms. The molecular formula is C42H50N4O6. The van der Waals surface area contributed by atoms with Crippen LogP contribution in [0.25, 0.3) is 11.1 Å². The molecule has 0 heterocycles. The Balaban J connectivity index is 1.01. The highest BCUT2D eigenvalue weighted by atomic mass is 16.6. The Morgan fingerprint density at radius 1 is 0.385 bits per heavy atom. The van der Waals surface area contributed by atoms with E-state index in [1.807, 2.05) is 109 Å². The van der Waals surface area contributed by atoms with E-state index >= 15 is 0 Å². The van der Waals surface area contributed by atoms with Gasteiger partial charge in [-0.1, -0.05) is 111 Å². The van der Waals surface area contributed by atoms with E-state index in [9.17, 15) is 19.2 Å². The SMILES string of the molecule is O=C(NCCCCCCNC(=O)c1ccc(-c2ccc(C(=O)NCCCCCCNC(=O)OCc3ccccc3)cc2)cc1)OCc1ccccc1. The molecule has 4 aromatic carbocycles. The number of carbonyl (C=O) groups is 4. The van der Waals surface area contributed by atoms with Crippen LogP contribution in [-0.2, 0) is 22.7 Å². The third-order valence-electron chi connectivity index (χ3n) is 8.37. The standard InChI is InChI=1S/C42H50N4O6/c47-39(43-27-11-1-3-13-29-45-41(49)51-31-33-15-7-5-8-16-33)37-23-19-35(20-24-37)36-21-25-38(26-22-36)40(48)44-28-12-2-4-14-30-46-42(50)52-32-34-17-9-6-10-18-34/h5-10,15-26H,1-4,11-14,27-32H2,(H,43,47)(H,44,48)(H,45,49)(H,46,50). The van der Waals surface area contributed by atoms with Crippen molar-refractivity contribution in [1.82, 2.24) is 21.3 Å². The van der Waals surface area contributed by atoms with E-state index < -0.39 is 12.2 Å². The lowest BCUT2D eigenvalue weighted by molar-refractivity contribution is 0.0944. The summed E-state index contributed by atoms with van der Waals surface area (Å²) in [6.07, 6.45) is 6.36. The van der Waals surface area contributed by atoms with Crippen molar-refractivity contribution < 1.29 is 28.7 Å². The van der Waals surface area contributed by atoms with Gasteiger partial charge in [-0.3, -0.25) is 9.59 Å². The average Bonchev–Trinajstić information content (AvgIpc) is 3.19. The van der Waals surface area contributed by atoms with Crippen molar-refractivity contribution in [3.63, 3.8) is 0 Å². The first-order valence-electron chi connectivity index (χ1n) is 18.1. The first-order chi connectivity index (χ1) is 25.5. The summed E-state index contributed by atoms with van der Waals surface area (Å²) in [6.45, 7) is 2.79. The maximum Gasteiger partial charge on any atom is 0.407 e. The predicted octanol–water partition coefficient (Wildman–Crippen LogP) is 7.79. The summed E-state index contributed by atoms with van der Waals surface area (Å²) in [5, 5.41) is 11.5. The van der Waals surface area contributed by atoms with Gasteiger partial charge >= 0.3 is 12.2 Å². The molecule has 0 aromatic heterocycles. The minimum absolute atomic E-state index is 0.114. The third-order valence-corrected chi connectivity index (χ3v) is 8.37. The number of nitrogens with one attached hydrogen (secondary N) is 4. The van der Waals surface area contributed by atoms with Gasteiger partial charge in [0.15, 0.2) is 0 Å². The van der Waals surface area contributed by atoms with E-state index in [4.69, 9.17) is 9.47 Å². The number of alkyl carbamates (subject to hydrolysis) is 2. The summed E-state index contributed by atoms with van der Waals surface area (Å²) in [5.41, 5.74) is 5.00. The van der Waals surface area contributed by atoms with Gasteiger partial charge in [-0.2, -0.15) is 0 Å². The molecule has 274 valence electrons. The van der Waals surface area contributed by atoms with E-state index in [1.165, 1.54) is 0 Å². The highest BCUT2D eigenvalue weighted by Crippen LogP contribution is 2.20. The van der Waals surface area contributed by atoms with Crippen LogP contribution < -0.4 is 21.3 Å². The Morgan fingerprint density at radius 3 is 1.06 bits per heavy atom. The molecule has 0 aliphatic carbocycles. The van der Waals surface area contributed by atoms with E-state index in [-0.39, 0.29) is 25.0 Å². The Labute approximate surface area is 306 Å². The molecular weight excluding hydrogens is 656 g/mol. The lowest BCUT2D eigenvalue weighted by Crippen LogP contribution is -2.25. The van der Waals surface area contributed by atoms with Crippen LogP contribution in [0.1, 0.15) is 83.2 Å². The van der Waals surface area contributed by atoms with Crippen molar-refractivity contribution in [1.29, 1.82) is 0 Å². The summed E-state index contributed by atoms with van der Waals surface area (Å²) >= 11 is 0. The molecule has 0 unspecified atom stereocenters. The zero-order valence-electron chi connectivity index (χ0n) is 29.7. The number of ether oxygens (including phenoxy) is 2. The van der Waals surface area contributed by atoms with Crippen LogP contribution in [0, 0.1) is 0 Å². The van der Waals surface area contributed by atoms with Crippen LogP contribution in [0.4, 0.5) is 9.59 Å². The predicted molar refractivity (Wildman–Crippen MR) is 203 cm³/mol. The van der Waals surface area contributed by atoms with Gasteiger partial charge < -0.3 is 30.7 Å². The summed E-state index contributed by atoms with van der Waals surface area (Å²) in [4.78, 5) is 48.8. The normalized spacial score (nSPS) is 10.5. The van der Waals surface area contributed by atoms with Crippen LogP contribution >= 0.6 is 0 Å². The molecule has 0 radical (unpaired) electrons. The second-order valence-corrected chi connectivity index (χ2v) is 12.5. The smallest absolute Gasteiger partial charge is 0.407 e. The fraction of sp³-hybridized carbons (Fsp3) is 0.333. The largest absolute Gasteiger partial charge is 0.445 e. The molecule has 4 N–H and O–H groups in total. The number of unbranched alkanes of at least 4 members (excludes halogenated alkanes) is 6. The highest BCUT2D eigenvalue weighted by Gasteiger charge is 2.09. The maximum absolute atomic E-state index is 12.6. The van der Waals surface area contributed by atoms with Crippen LogP contribution in [0.2, 0.25) is 0 Å². The van der Waals surface area contributed by atoms with Crippen LogP contribution in [-0.4, -0.2) is 50.2 Å². The molecule has 0 atom stereocenters. The maximum atomic E-state index is 12.6.